The Labute approximate surface area is 147 Å². The standard InChI is InChI=1S/C20H20ClNO2/c21-18-10-8-16(9-11-18)20(24)17-7-4-12-22(14-17)19(23)13-15-5-2-1-3-6-15/h1-3,5-6,8-11,17H,4,7,12-14H2. The van der Waals surface area contributed by atoms with Gasteiger partial charge in [-0.3, -0.25) is 9.59 Å². The summed E-state index contributed by atoms with van der Waals surface area (Å²) in [6.45, 7) is 1.24. The van der Waals surface area contributed by atoms with Crippen molar-refractivity contribution < 1.29 is 9.59 Å². The highest BCUT2D eigenvalue weighted by Gasteiger charge is 2.28. The summed E-state index contributed by atoms with van der Waals surface area (Å²) >= 11 is 5.88. The van der Waals surface area contributed by atoms with Crippen molar-refractivity contribution in [3.8, 4) is 0 Å². The first-order valence-corrected chi connectivity index (χ1v) is 8.63. The molecule has 24 heavy (non-hydrogen) atoms. The molecule has 0 aliphatic carbocycles. The van der Waals surface area contributed by atoms with Crippen LogP contribution in [0, 0.1) is 5.92 Å². The van der Waals surface area contributed by atoms with Gasteiger partial charge in [-0.2, -0.15) is 0 Å². The van der Waals surface area contributed by atoms with Gasteiger partial charge in [0.25, 0.3) is 0 Å². The highest BCUT2D eigenvalue weighted by atomic mass is 35.5. The van der Waals surface area contributed by atoms with Gasteiger partial charge in [-0.05, 0) is 42.7 Å². The van der Waals surface area contributed by atoms with Crippen LogP contribution in [-0.4, -0.2) is 29.7 Å². The number of carbonyl (C=O) groups excluding carboxylic acids is 2. The predicted molar refractivity (Wildman–Crippen MR) is 95.2 cm³/mol. The van der Waals surface area contributed by atoms with Gasteiger partial charge in [-0.1, -0.05) is 41.9 Å². The number of Topliss-reactive ketones (excluding diaryl/α,β-unsaturated/α-hetero) is 1. The molecule has 1 amide bonds. The van der Waals surface area contributed by atoms with Crippen molar-refractivity contribution in [2.45, 2.75) is 19.3 Å². The lowest BCUT2D eigenvalue weighted by Crippen LogP contribution is -2.43. The summed E-state index contributed by atoms with van der Waals surface area (Å²) in [4.78, 5) is 27.0. The van der Waals surface area contributed by atoms with Crippen molar-refractivity contribution in [3.63, 3.8) is 0 Å². The zero-order valence-corrected chi connectivity index (χ0v) is 14.2. The van der Waals surface area contributed by atoms with Gasteiger partial charge in [0.2, 0.25) is 5.91 Å². The average Bonchev–Trinajstić information content (AvgIpc) is 2.63. The Morgan fingerprint density at radius 2 is 1.75 bits per heavy atom. The van der Waals surface area contributed by atoms with Crippen molar-refractivity contribution in [2.24, 2.45) is 5.92 Å². The Balaban J connectivity index is 1.64. The molecule has 3 rings (SSSR count). The van der Waals surface area contributed by atoms with E-state index in [-0.39, 0.29) is 17.6 Å². The first-order chi connectivity index (χ1) is 11.6. The second-order valence-electron chi connectivity index (χ2n) is 6.21. The van der Waals surface area contributed by atoms with Crippen LogP contribution in [0.25, 0.3) is 0 Å². The molecule has 0 N–H and O–H groups in total. The van der Waals surface area contributed by atoms with Gasteiger partial charge in [0.15, 0.2) is 5.78 Å². The SMILES string of the molecule is O=C(c1ccc(Cl)cc1)C1CCCN(C(=O)Cc2ccccc2)C1. The van der Waals surface area contributed by atoms with Crippen LogP contribution in [0.3, 0.4) is 0 Å². The van der Waals surface area contributed by atoms with Crippen LogP contribution in [-0.2, 0) is 11.2 Å². The van der Waals surface area contributed by atoms with Gasteiger partial charge >= 0.3 is 0 Å². The van der Waals surface area contributed by atoms with Crippen LogP contribution >= 0.6 is 11.6 Å². The van der Waals surface area contributed by atoms with Gasteiger partial charge in [0.1, 0.15) is 0 Å². The molecule has 1 saturated heterocycles. The molecule has 3 nitrogen and oxygen atoms in total. The maximum atomic E-state index is 12.7. The highest BCUT2D eigenvalue weighted by molar-refractivity contribution is 6.30. The summed E-state index contributed by atoms with van der Waals surface area (Å²) in [5.74, 6) is 0.0679. The molecule has 2 aromatic rings. The molecule has 4 heteroatoms. The second-order valence-corrected chi connectivity index (χ2v) is 6.65. The monoisotopic (exact) mass is 341 g/mol. The van der Waals surface area contributed by atoms with Crippen molar-refractivity contribution in [1.29, 1.82) is 0 Å². The van der Waals surface area contributed by atoms with E-state index >= 15 is 0 Å². The molecule has 2 aromatic carbocycles. The Morgan fingerprint density at radius 3 is 2.46 bits per heavy atom. The molecule has 1 aliphatic heterocycles. The van der Waals surface area contributed by atoms with E-state index in [1.807, 2.05) is 35.2 Å². The van der Waals surface area contributed by atoms with E-state index in [9.17, 15) is 9.59 Å². The van der Waals surface area contributed by atoms with Crippen LogP contribution in [0.4, 0.5) is 0 Å². The van der Waals surface area contributed by atoms with Crippen molar-refractivity contribution >= 4 is 23.3 Å². The number of hydrogen-bond donors (Lipinski definition) is 0. The minimum absolute atomic E-state index is 0.0924. The minimum Gasteiger partial charge on any atom is -0.342 e. The lowest BCUT2D eigenvalue weighted by molar-refractivity contribution is -0.131. The zero-order valence-electron chi connectivity index (χ0n) is 13.5. The number of halogens is 1. The number of piperidine rings is 1. The quantitative estimate of drug-likeness (QED) is 0.788. The van der Waals surface area contributed by atoms with Crippen LogP contribution in [0.2, 0.25) is 5.02 Å². The Kier molecular flexibility index (Phi) is 5.31. The zero-order chi connectivity index (χ0) is 16.9. The van der Waals surface area contributed by atoms with Crippen LogP contribution in [0.15, 0.2) is 54.6 Å². The highest BCUT2D eigenvalue weighted by Crippen LogP contribution is 2.22. The van der Waals surface area contributed by atoms with Crippen molar-refractivity contribution in [1.82, 2.24) is 4.90 Å². The summed E-state index contributed by atoms with van der Waals surface area (Å²) < 4.78 is 0. The number of ketones is 1. The lowest BCUT2D eigenvalue weighted by atomic mass is 9.90. The number of hydrogen-bond acceptors (Lipinski definition) is 2. The van der Waals surface area contributed by atoms with Crippen molar-refractivity contribution in [2.75, 3.05) is 13.1 Å². The molecule has 1 fully saturated rings. The van der Waals surface area contributed by atoms with E-state index in [0.717, 1.165) is 24.9 Å². The van der Waals surface area contributed by atoms with E-state index in [1.165, 1.54) is 0 Å². The van der Waals surface area contributed by atoms with Gasteiger partial charge in [0, 0.05) is 29.6 Å². The summed E-state index contributed by atoms with van der Waals surface area (Å²) in [6, 6.07) is 16.7. The van der Waals surface area contributed by atoms with Gasteiger partial charge in [-0.15, -0.1) is 0 Å². The molecule has 1 aliphatic rings. The maximum absolute atomic E-state index is 12.7. The lowest BCUT2D eigenvalue weighted by Gasteiger charge is -2.32. The van der Waals surface area contributed by atoms with Crippen LogP contribution < -0.4 is 0 Å². The minimum atomic E-state index is -0.125. The fraction of sp³-hybridized carbons (Fsp3) is 0.300. The number of amides is 1. The smallest absolute Gasteiger partial charge is 0.227 e. The number of benzene rings is 2. The van der Waals surface area contributed by atoms with E-state index in [0.29, 0.717) is 23.6 Å². The largest absolute Gasteiger partial charge is 0.342 e. The third-order valence-corrected chi connectivity index (χ3v) is 4.72. The topological polar surface area (TPSA) is 37.4 Å². The van der Waals surface area contributed by atoms with Gasteiger partial charge in [0.05, 0.1) is 6.42 Å². The molecule has 0 radical (unpaired) electrons. The van der Waals surface area contributed by atoms with E-state index in [1.54, 1.807) is 24.3 Å². The summed E-state index contributed by atoms with van der Waals surface area (Å²) in [6.07, 6.45) is 2.09. The fourth-order valence-electron chi connectivity index (χ4n) is 3.15. The number of likely N-dealkylation sites (tertiary alicyclic amines) is 1. The molecule has 1 heterocycles. The van der Waals surface area contributed by atoms with Gasteiger partial charge in [-0.25, -0.2) is 0 Å². The maximum Gasteiger partial charge on any atom is 0.227 e. The molecular formula is C20H20ClNO2. The Morgan fingerprint density at radius 1 is 1.04 bits per heavy atom. The third-order valence-electron chi connectivity index (χ3n) is 4.47. The van der Waals surface area contributed by atoms with Gasteiger partial charge < -0.3 is 4.90 Å². The summed E-state index contributed by atoms with van der Waals surface area (Å²) in [5, 5.41) is 0.620. The molecule has 1 atom stereocenters. The van der Waals surface area contributed by atoms with E-state index < -0.39 is 0 Å². The molecule has 0 bridgehead atoms. The molecular weight excluding hydrogens is 322 g/mol. The molecule has 0 spiro atoms. The molecule has 1 unspecified atom stereocenters. The average molecular weight is 342 g/mol. The van der Waals surface area contributed by atoms with E-state index in [4.69, 9.17) is 11.6 Å². The second kappa shape index (κ2) is 7.63. The third kappa shape index (κ3) is 4.04. The summed E-state index contributed by atoms with van der Waals surface area (Å²) in [7, 11) is 0. The number of nitrogens with zero attached hydrogens (tertiary/aromatic N) is 1. The molecule has 0 aromatic heterocycles. The van der Waals surface area contributed by atoms with E-state index in [2.05, 4.69) is 0 Å². The Bertz CT molecular complexity index is 712. The first kappa shape index (κ1) is 16.7. The molecule has 124 valence electrons. The first-order valence-electron chi connectivity index (χ1n) is 8.25. The fourth-order valence-corrected chi connectivity index (χ4v) is 3.28. The number of rotatable bonds is 4. The van der Waals surface area contributed by atoms with Crippen LogP contribution in [0.1, 0.15) is 28.8 Å². The predicted octanol–water partition coefficient (Wildman–Crippen LogP) is 4.00. The Hall–Kier alpha value is -2.13. The summed E-state index contributed by atoms with van der Waals surface area (Å²) in [5.41, 5.74) is 1.68. The number of carbonyl (C=O) groups is 2. The van der Waals surface area contributed by atoms with Crippen molar-refractivity contribution in [3.05, 3.63) is 70.7 Å². The van der Waals surface area contributed by atoms with Crippen LogP contribution in [0.5, 0.6) is 0 Å². The molecule has 0 saturated carbocycles. The normalized spacial score (nSPS) is 17.5.